The molecule has 0 aliphatic carbocycles. The standard InChI is InChI=1S/C22H17N5OS3/c28-18(16-10-6-12-23-16)13-29-21-26-25-20(27(21)15-7-2-1-3-8-15)14-30-22-24-17-9-4-5-11-19(17)31-22/h1-12,23H,13-14H2. The summed E-state index contributed by atoms with van der Waals surface area (Å²) < 4.78 is 4.20. The Balaban J connectivity index is 1.38. The molecule has 0 aliphatic heterocycles. The van der Waals surface area contributed by atoms with Gasteiger partial charge in [0.1, 0.15) is 5.82 Å². The normalized spacial score (nSPS) is 11.2. The molecule has 0 atom stereocenters. The van der Waals surface area contributed by atoms with Crippen LogP contribution >= 0.6 is 34.9 Å². The maximum atomic E-state index is 12.4. The van der Waals surface area contributed by atoms with Gasteiger partial charge in [-0.2, -0.15) is 0 Å². The SMILES string of the molecule is O=C(CSc1nnc(CSc2nc3ccccc3s2)n1-c1ccccc1)c1ccc[nH]1. The van der Waals surface area contributed by atoms with E-state index in [-0.39, 0.29) is 11.5 Å². The van der Waals surface area contributed by atoms with Crippen LogP contribution in [-0.2, 0) is 5.75 Å². The highest BCUT2D eigenvalue weighted by Gasteiger charge is 2.17. The molecule has 3 aromatic heterocycles. The number of thiazole rings is 1. The molecule has 154 valence electrons. The molecule has 5 rings (SSSR count). The molecular formula is C22H17N5OS3. The quantitative estimate of drug-likeness (QED) is 0.243. The van der Waals surface area contributed by atoms with Crippen molar-refractivity contribution in [2.45, 2.75) is 15.2 Å². The van der Waals surface area contributed by atoms with Crippen LogP contribution in [0, 0.1) is 0 Å². The zero-order chi connectivity index (χ0) is 21.0. The highest BCUT2D eigenvalue weighted by molar-refractivity contribution is 8.00. The van der Waals surface area contributed by atoms with Gasteiger partial charge in [0.05, 0.1) is 27.4 Å². The molecule has 0 unspecified atom stereocenters. The number of hydrogen-bond acceptors (Lipinski definition) is 7. The number of Topliss-reactive ketones (excluding diaryl/α,β-unsaturated/α-hetero) is 1. The molecule has 0 amide bonds. The van der Waals surface area contributed by atoms with Gasteiger partial charge in [-0.3, -0.25) is 9.36 Å². The molecule has 0 bridgehead atoms. The van der Waals surface area contributed by atoms with Gasteiger partial charge in [-0.25, -0.2) is 4.98 Å². The highest BCUT2D eigenvalue weighted by Crippen LogP contribution is 2.32. The Morgan fingerprint density at radius 3 is 2.61 bits per heavy atom. The first-order valence-corrected chi connectivity index (χ1v) is 12.3. The average molecular weight is 464 g/mol. The minimum atomic E-state index is 0.0306. The maximum absolute atomic E-state index is 12.4. The lowest BCUT2D eigenvalue weighted by atomic mass is 10.3. The number of aromatic nitrogens is 5. The summed E-state index contributed by atoms with van der Waals surface area (Å²) in [6.07, 6.45) is 1.75. The average Bonchev–Trinajstić information content (AvgIpc) is 3.56. The minimum Gasteiger partial charge on any atom is -0.359 e. The van der Waals surface area contributed by atoms with Crippen LogP contribution in [0.15, 0.2) is 82.4 Å². The van der Waals surface area contributed by atoms with Crippen molar-refractivity contribution in [2.24, 2.45) is 0 Å². The first-order valence-electron chi connectivity index (χ1n) is 9.55. The van der Waals surface area contributed by atoms with E-state index in [1.54, 1.807) is 35.4 Å². The molecule has 0 spiro atoms. The predicted molar refractivity (Wildman–Crippen MR) is 126 cm³/mol. The number of para-hydroxylation sites is 2. The van der Waals surface area contributed by atoms with Crippen LogP contribution in [0.1, 0.15) is 16.3 Å². The van der Waals surface area contributed by atoms with Crippen LogP contribution < -0.4 is 0 Å². The fourth-order valence-corrected chi connectivity index (χ4v) is 5.91. The summed E-state index contributed by atoms with van der Waals surface area (Å²) >= 11 is 4.72. The third-order valence-corrected chi connectivity index (χ3v) is 7.65. The summed E-state index contributed by atoms with van der Waals surface area (Å²) in [7, 11) is 0. The van der Waals surface area contributed by atoms with E-state index in [1.165, 1.54) is 16.5 Å². The van der Waals surface area contributed by atoms with Crippen LogP contribution in [0.3, 0.4) is 0 Å². The lowest BCUT2D eigenvalue weighted by molar-refractivity contribution is 0.101. The molecule has 2 aromatic carbocycles. The zero-order valence-corrected chi connectivity index (χ0v) is 18.7. The second kappa shape index (κ2) is 9.09. The second-order valence-electron chi connectivity index (χ2n) is 6.60. The molecule has 1 N–H and O–H groups in total. The number of carbonyl (C=O) groups excluding carboxylic acids is 1. The molecule has 0 saturated heterocycles. The molecule has 3 heterocycles. The summed E-state index contributed by atoms with van der Waals surface area (Å²) in [4.78, 5) is 20.1. The number of H-pyrrole nitrogens is 1. The summed E-state index contributed by atoms with van der Waals surface area (Å²) in [5, 5.41) is 9.52. The van der Waals surface area contributed by atoms with Crippen molar-refractivity contribution >= 4 is 50.9 Å². The van der Waals surface area contributed by atoms with Crippen molar-refractivity contribution in [3.8, 4) is 5.69 Å². The van der Waals surface area contributed by atoms with Crippen LogP contribution in [0.5, 0.6) is 0 Å². The number of ketones is 1. The Morgan fingerprint density at radius 2 is 1.81 bits per heavy atom. The number of carbonyl (C=O) groups is 1. The van der Waals surface area contributed by atoms with E-state index in [0.717, 1.165) is 21.4 Å². The Bertz CT molecular complexity index is 1280. The number of hydrogen-bond donors (Lipinski definition) is 1. The van der Waals surface area contributed by atoms with Crippen LogP contribution in [0.25, 0.3) is 15.9 Å². The van der Waals surface area contributed by atoms with Gasteiger partial charge in [-0.1, -0.05) is 53.9 Å². The number of fused-ring (bicyclic) bond motifs is 1. The fraction of sp³-hybridized carbons (Fsp3) is 0.0909. The number of benzene rings is 2. The van der Waals surface area contributed by atoms with Crippen molar-refractivity contribution in [1.29, 1.82) is 0 Å². The van der Waals surface area contributed by atoms with Gasteiger partial charge in [-0.05, 0) is 36.4 Å². The van der Waals surface area contributed by atoms with E-state index >= 15 is 0 Å². The van der Waals surface area contributed by atoms with Gasteiger partial charge < -0.3 is 4.98 Å². The molecular weight excluding hydrogens is 446 g/mol. The van der Waals surface area contributed by atoms with Crippen molar-refractivity contribution < 1.29 is 4.79 Å². The van der Waals surface area contributed by atoms with Gasteiger partial charge >= 0.3 is 0 Å². The lowest BCUT2D eigenvalue weighted by Crippen LogP contribution is -2.06. The minimum absolute atomic E-state index is 0.0306. The third-order valence-electron chi connectivity index (χ3n) is 4.54. The van der Waals surface area contributed by atoms with E-state index in [9.17, 15) is 4.79 Å². The smallest absolute Gasteiger partial charge is 0.196 e. The monoisotopic (exact) mass is 463 g/mol. The summed E-state index contributed by atoms with van der Waals surface area (Å²) in [6.45, 7) is 0. The fourth-order valence-electron chi connectivity index (χ4n) is 3.07. The Morgan fingerprint density at radius 1 is 0.968 bits per heavy atom. The van der Waals surface area contributed by atoms with Crippen LogP contribution in [-0.4, -0.2) is 36.3 Å². The topological polar surface area (TPSA) is 76.5 Å². The molecule has 0 radical (unpaired) electrons. The number of aromatic amines is 1. The number of thioether (sulfide) groups is 2. The molecule has 6 nitrogen and oxygen atoms in total. The van der Waals surface area contributed by atoms with E-state index in [4.69, 9.17) is 4.98 Å². The number of nitrogens with one attached hydrogen (secondary N) is 1. The number of rotatable bonds is 8. The van der Waals surface area contributed by atoms with E-state index in [0.29, 0.717) is 16.6 Å². The van der Waals surface area contributed by atoms with E-state index < -0.39 is 0 Å². The van der Waals surface area contributed by atoms with Gasteiger partial charge in [0, 0.05) is 11.9 Å². The van der Waals surface area contributed by atoms with Crippen LogP contribution in [0.2, 0.25) is 0 Å². The number of nitrogens with zero attached hydrogens (tertiary/aromatic N) is 4. The lowest BCUT2D eigenvalue weighted by Gasteiger charge is -2.09. The summed E-state index contributed by atoms with van der Waals surface area (Å²) in [5.41, 5.74) is 2.59. The van der Waals surface area contributed by atoms with Gasteiger partial charge in [0.25, 0.3) is 0 Å². The first-order chi connectivity index (χ1) is 15.3. The molecule has 0 aliphatic rings. The largest absolute Gasteiger partial charge is 0.359 e. The van der Waals surface area contributed by atoms with E-state index in [1.807, 2.05) is 59.2 Å². The van der Waals surface area contributed by atoms with Gasteiger partial charge in [0.2, 0.25) is 0 Å². The summed E-state index contributed by atoms with van der Waals surface area (Å²) in [5.74, 6) is 1.77. The van der Waals surface area contributed by atoms with Crippen molar-refractivity contribution in [1.82, 2.24) is 24.7 Å². The van der Waals surface area contributed by atoms with E-state index in [2.05, 4.69) is 21.2 Å². The summed E-state index contributed by atoms with van der Waals surface area (Å²) in [6, 6.07) is 21.7. The Labute approximate surface area is 191 Å². The van der Waals surface area contributed by atoms with Crippen LogP contribution in [0.4, 0.5) is 0 Å². The second-order valence-corrected chi connectivity index (χ2v) is 9.80. The van der Waals surface area contributed by atoms with Gasteiger partial charge in [0.15, 0.2) is 15.3 Å². The third kappa shape index (κ3) is 4.43. The maximum Gasteiger partial charge on any atom is 0.196 e. The van der Waals surface area contributed by atoms with Crippen molar-refractivity contribution in [2.75, 3.05) is 5.75 Å². The zero-order valence-electron chi connectivity index (χ0n) is 16.3. The Kier molecular flexibility index (Phi) is 5.88. The van der Waals surface area contributed by atoms with Crippen molar-refractivity contribution in [3.05, 3.63) is 84.4 Å². The molecule has 5 aromatic rings. The molecule has 0 saturated carbocycles. The highest BCUT2D eigenvalue weighted by atomic mass is 32.2. The van der Waals surface area contributed by atoms with Crippen molar-refractivity contribution in [3.63, 3.8) is 0 Å². The molecule has 0 fully saturated rings. The molecule has 31 heavy (non-hydrogen) atoms. The Hall–Kier alpha value is -2.88. The van der Waals surface area contributed by atoms with Gasteiger partial charge in [-0.15, -0.1) is 21.5 Å². The molecule has 9 heteroatoms. The first kappa shape index (κ1) is 20.0. The predicted octanol–water partition coefficient (Wildman–Crippen LogP) is 5.47.